The van der Waals surface area contributed by atoms with E-state index in [2.05, 4.69) is 30.9 Å². The van der Waals surface area contributed by atoms with E-state index in [0.29, 0.717) is 18.4 Å². The first kappa shape index (κ1) is 12.5. The SMILES string of the molecule is CCSCc1noc(C(CN)C(C)C)n1. The number of rotatable bonds is 6. The van der Waals surface area contributed by atoms with Gasteiger partial charge in [0.2, 0.25) is 5.89 Å². The van der Waals surface area contributed by atoms with Gasteiger partial charge in [-0.3, -0.25) is 0 Å². The second kappa shape index (κ2) is 6.12. The number of thioether (sulfide) groups is 1. The molecule has 1 unspecified atom stereocenters. The summed E-state index contributed by atoms with van der Waals surface area (Å²) in [6, 6.07) is 0. The number of nitrogens with two attached hydrogens (primary N) is 1. The maximum atomic E-state index is 5.68. The maximum Gasteiger partial charge on any atom is 0.231 e. The van der Waals surface area contributed by atoms with Crippen LogP contribution in [0.3, 0.4) is 0 Å². The molecule has 0 saturated carbocycles. The lowest BCUT2D eigenvalue weighted by Gasteiger charge is -2.13. The quantitative estimate of drug-likeness (QED) is 0.808. The Labute approximate surface area is 95.0 Å². The van der Waals surface area contributed by atoms with Gasteiger partial charge in [-0.2, -0.15) is 16.7 Å². The van der Waals surface area contributed by atoms with Gasteiger partial charge in [-0.1, -0.05) is 25.9 Å². The molecule has 1 heterocycles. The van der Waals surface area contributed by atoms with E-state index in [9.17, 15) is 0 Å². The fraction of sp³-hybridized carbons (Fsp3) is 0.800. The molecular weight excluding hydrogens is 210 g/mol. The second-order valence-electron chi connectivity index (χ2n) is 3.77. The number of nitrogens with zero attached hydrogens (tertiary/aromatic N) is 2. The summed E-state index contributed by atoms with van der Waals surface area (Å²) in [5, 5.41) is 3.94. The predicted octanol–water partition coefficient (Wildman–Crippen LogP) is 2.02. The van der Waals surface area contributed by atoms with Crippen molar-refractivity contribution in [3.05, 3.63) is 11.7 Å². The molecule has 0 aliphatic heterocycles. The van der Waals surface area contributed by atoms with Crippen LogP contribution in [0, 0.1) is 5.92 Å². The van der Waals surface area contributed by atoms with E-state index in [1.165, 1.54) is 0 Å². The molecule has 0 saturated heterocycles. The van der Waals surface area contributed by atoms with Gasteiger partial charge in [-0.05, 0) is 11.7 Å². The van der Waals surface area contributed by atoms with E-state index in [0.717, 1.165) is 17.3 Å². The van der Waals surface area contributed by atoms with Crippen molar-refractivity contribution in [3.63, 3.8) is 0 Å². The molecule has 0 aliphatic rings. The summed E-state index contributed by atoms with van der Waals surface area (Å²) in [4.78, 5) is 4.36. The first-order valence-electron chi connectivity index (χ1n) is 5.29. The normalized spacial score (nSPS) is 13.4. The average molecular weight is 229 g/mol. The molecule has 5 heteroatoms. The van der Waals surface area contributed by atoms with E-state index in [4.69, 9.17) is 10.3 Å². The van der Waals surface area contributed by atoms with Crippen molar-refractivity contribution in [2.75, 3.05) is 12.3 Å². The zero-order valence-electron chi connectivity index (χ0n) is 9.56. The van der Waals surface area contributed by atoms with Crippen LogP contribution in [0.1, 0.15) is 38.4 Å². The van der Waals surface area contributed by atoms with Crippen LogP contribution in [0.5, 0.6) is 0 Å². The van der Waals surface area contributed by atoms with Gasteiger partial charge in [0.05, 0.1) is 11.7 Å². The third kappa shape index (κ3) is 3.50. The van der Waals surface area contributed by atoms with E-state index in [-0.39, 0.29) is 5.92 Å². The minimum absolute atomic E-state index is 0.179. The third-order valence-corrected chi connectivity index (χ3v) is 3.17. The van der Waals surface area contributed by atoms with Crippen molar-refractivity contribution < 1.29 is 4.52 Å². The lowest BCUT2D eigenvalue weighted by Crippen LogP contribution is -2.18. The second-order valence-corrected chi connectivity index (χ2v) is 5.05. The first-order valence-corrected chi connectivity index (χ1v) is 6.44. The standard InChI is InChI=1S/C10H19N3OS/c1-4-15-6-9-12-10(14-13-9)8(5-11)7(2)3/h7-8H,4-6,11H2,1-3H3. The van der Waals surface area contributed by atoms with Crippen molar-refractivity contribution >= 4 is 11.8 Å². The summed E-state index contributed by atoms with van der Waals surface area (Å²) in [6.45, 7) is 6.90. The van der Waals surface area contributed by atoms with Crippen LogP contribution in [0.15, 0.2) is 4.52 Å². The molecule has 0 radical (unpaired) electrons. The van der Waals surface area contributed by atoms with Gasteiger partial charge >= 0.3 is 0 Å². The highest BCUT2D eigenvalue weighted by molar-refractivity contribution is 7.98. The molecule has 1 aromatic heterocycles. The summed E-state index contributed by atoms with van der Waals surface area (Å²) >= 11 is 1.79. The van der Waals surface area contributed by atoms with Gasteiger partial charge in [0.25, 0.3) is 0 Å². The molecule has 0 bridgehead atoms. The Morgan fingerprint density at radius 1 is 1.47 bits per heavy atom. The van der Waals surface area contributed by atoms with Crippen LogP contribution in [0.2, 0.25) is 0 Å². The van der Waals surface area contributed by atoms with Crippen LogP contribution in [-0.4, -0.2) is 22.4 Å². The predicted molar refractivity (Wildman–Crippen MR) is 62.8 cm³/mol. The molecule has 4 nitrogen and oxygen atoms in total. The Hall–Kier alpha value is -0.550. The van der Waals surface area contributed by atoms with E-state index >= 15 is 0 Å². The highest BCUT2D eigenvalue weighted by Crippen LogP contribution is 2.22. The van der Waals surface area contributed by atoms with Crippen LogP contribution >= 0.6 is 11.8 Å². The zero-order valence-corrected chi connectivity index (χ0v) is 10.4. The van der Waals surface area contributed by atoms with Gasteiger partial charge < -0.3 is 10.3 Å². The smallest absolute Gasteiger partial charge is 0.231 e. The Morgan fingerprint density at radius 3 is 2.73 bits per heavy atom. The number of hydrogen-bond donors (Lipinski definition) is 1. The molecule has 2 N–H and O–H groups in total. The van der Waals surface area contributed by atoms with Crippen molar-refractivity contribution in [3.8, 4) is 0 Å². The Bertz CT molecular complexity index is 288. The van der Waals surface area contributed by atoms with Crippen LogP contribution in [-0.2, 0) is 5.75 Å². The molecule has 0 aromatic carbocycles. The highest BCUT2D eigenvalue weighted by Gasteiger charge is 2.20. The van der Waals surface area contributed by atoms with E-state index in [1.54, 1.807) is 11.8 Å². The third-order valence-electron chi connectivity index (χ3n) is 2.29. The van der Waals surface area contributed by atoms with Crippen LogP contribution in [0.4, 0.5) is 0 Å². The van der Waals surface area contributed by atoms with Crippen LogP contribution in [0.25, 0.3) is 0 Å². The molecular formula is C10H19N3OS. The summed E-state index contributed by atoms with van der Waals surface area (Å²) in [6.07, 6.45) is 0. The van der Waals surface area contributed by atoms with Gasteiger partial charge in [-0.15, -0.1) is 0 Å². The van der Waals surface area contributed by atoms with Gasteiger partial charge in [-0.25, -0.2) is 0 Å². The molecule has 0 spiro atoms. The summed E-state index contributed by atoms with van der Waals surface area (Å²) < 4.78 is 5.22. The largest absolute Gasteiger partial charge is 0.339 e. The van der Waals surface area contributed by atoms with Crippen molar-refractivity contribution in [2.45, 2.75) is 32.4 Å². The number of aromatic nitrogens is 2. The Morgan fingerprint density at radius 2 is 2.20 bits per heavy atom. The molecule has 1 aromatic rings. The fourth-order valence-electron chi connectivity index (χ4n) is 1.33. The molecule has 1 rings (SSSR count). The minimum Gasteiger partial charge on any atom is -0.339 e. The number of hydrogen-bond acceptors (Lipinski definition) is 5. The fourth-order valence-corrected chi connectivity index (χ4v) is 1.83. The van der Waals surface area contributed by atoms with E-state index in [1.807, 2.05) is 0 Å². The maximum absolute atomic E-state index is 5.68. The van der Waals surface area contributed by atoms with Gasteiger partial charge in [0.1, 0.15) is 0 Å². The molecule has 0 aliphatic carbocycles. The highest BCUT2D eigenvalue weighted by atomic mass is 32.2. The average Bonchev–Trinajstić information content (AvgIpc) is 2.64. The first-order chi connectivity index (χ1) is 7.19. The lowest BCUT2D eigenvalue weighted by molar-refractivity contribution is 0.322. The zero-order chi connectivity index (χ0) is 11.3. The minimum atomic E-state index is 0.179. The summed E-state index contributed by atoms with van der Waals surface area (Å²) in [7, 11) is 0. The molecule has 0 fully saturated rings. The van der Waals surface area contributed by atoms with Gasteiger partial charge in [0, 0.05) is 6.54 Å². The Balaban J connectivity index is 2.65. The molecule has 0 amide bonds. The van der Waals surface area contributed by atoms with Crippen LogP contribution < -0.4 is 5.73 Å². The van der Waals surface area contributed by atoms with Crippen molar-refractivity contribution in [1.82, 2.24) is 10.1 Å². The monoisotopic (exact) mass is 229 g/mol. The van der Waals surface area contributed by atoms with E-state index < -0.39 is 0 Å². The van der Waals surface area contributed by atoms with Crippen molar-refractivity contribution in [1.29, 1.82) is 0 Å². The van der Waals surface area contributed by atoms with Crippen molar-refractivity contribution in [2.24, 2.45) is 11.7 Å². The van der Waals surface area contributed by atoms with Gasteiger partial charge in [0.15, 0.2) is 5.82 Å². The summed E-state index contributed by atoms with van der Waals surface area (Å²) in [5.74, 6) is 3.94. The topological polar surface area (TPSA) is 64.9 Å². The lowest BCUT2D eigenvalue weighted by atomic mass is 9.96. The molecule has 86 valence electrons. The molecule has 15 heavy (non-hydrogen) atoms. The Kier molecular flexibility index (Phi) is 5.11. The summed E-state index contributed by atoms with van der Waals surface area (Å²) in [5.41, 5.74) is 5.68. The molecule has 1 atom stereocenters.